The number of rotatable bonds is 3. The van der Waals surface area contributed by atoms with E-state index in [-0.39, 0.29) is 11.3 Å². The molecular formula is C30H50F42N8Nb8. The van der Waals surface area contributed by atoms with Crippen LogP contribution in [0.15, 0.2) is 0 Å². The molecule has 0 aliphatic rings. The van der Waals surface area contributed by atoms with Crippen LogP contribution in [0.1, 0.15) is 114 Å². The molecule has 0 aromatic rings. The van der Waals surface area contributed by atoms with Crippen molar-refractivity contribution in [3.05, 3.63) is 0 Å². The van der Waals surface area contributed by atoms with Gasteiger partial charge in [-0.25, -0.2) is 8.78 Å². The number of alkyl halides is 2. The van der Waals surface area contributed by atoms with E-state index in [0.717, 1.165) is 12.8 Å². The fraction of sp³-hybridized carbons (Fsp3) is 0.733. The van der Waals surface area contributed by atoms with Gasteiger partial charge in [0.05, 0.1) is 48.6 Å². The third-order valence-corrected chi connectivity index (χ3v) is 2.64. The van der Waals surface area contributed by atoms with Crippen LogP contribution in [0.5, 0.6) is 0 Å². The molecule has 0 aliphatic heterocycles. The molecule has 88 heavy (non-hydrogen) atoms. The second-order valence-corrected chi connectivity index (χ2v) is 38.8. The van der Waals surface area contributed by atoms with Crippen LogP contribution in [0.4, 0.5) is 130 Å². The molecule has 0 spiro atoms. The van der Waals surface area contributed by atoms with Crippen molar-refractivity contribution >= 4 is 0 Å². The van der Waals surface area contributed by atoms with Gasteiger partial charge in [0.15, 0.2) is 13.3 Å². The molecule has 0 saturated carbocycles. The van der Waals surface area contributed by atoms with Gasteiger partial charge in [-0.05, 0) is 24.7 Å². The molecular weight excluding hydrogens is 2010 g/mol. The summed E-state index contributed by atoms with van der Waals surface area (Å²) in [7, 11) is 0. The quantitative estimate of drug-likeness (QED) is 0.197. The Morgan fingerprint density at radius 3 is 0.443 bits per heavy atom. The van der Waals surface area contributed by atoms with Crippen molar-refractivity contribution in [2.24, 2.45) is 17.3 Å². The number of halogens is 42. The van der Waals surface area contributed by atoms with Crippen LogP contribution < -0.4 is 0 Å². The Labute approximate surface area is 508 Å². The van der Waals surface area contributed by atoms with E-state index in [9.17, 15) is 130 Å². The zero-order valence-electron chi connectivity index (χ0n) is 45.0. The van der Waals surface area contributed by atoms with Gasteiger partial charge >= 0.3 is 269 Å². The van der Waals surface area contributed by atoms with Crippen molar-refractivity contribution in [1.82, 2.24) is 0 Å². The molecule has 0 heterocycles. The molecule has 0 rings (SSSR count). The molecule has 0 radical (unpaired) electrons. The van der Waals surface area contributed by atoms with Crippen LogP contribution in [0.25, 0.3) is 0 Å². The van der Waals surface area contributed by atoms with E-state index in [4.69, 9.17) is 42.1 Å². The van der Waals surface area contributed by atoms with Crippen LogP contribution >= 0.6 is 0 Å². The average Bonchev–Trinajstić information content (AvgIpc) is 3.13. The second kappa shape index (κ2) is 53.2. The number of hydrogen-bond acceptors (Lipinski definition) is 8. The molecule has 0 aliphatic carbocycles. The molecule has 0 aromatic heterocycles. The van der Waals surface area contributed by atoms with Crippen molar-refractivity contribution in [2.75, 3.05) is 13.3 Å². The van der Waals surface area contributed by atoms with Gasteiger partial charge in [0.25, 0.3) is 0 Å². The van der Waals surface area contributed by atoms with Gasteiger partial charge in [-0.1, -0.05) is 68.7 Å². The summed E-state index contributed by atoms with van der Waals surface area (Å²) in [5.74, 6) is 0.792. The molecule has 0 N–H and O–H groups in total. The van der Waals surface area contributed by atoms with Crippen molar-refractivity contribution in [3.8, 4) is 48.6 Å². The normalized spacial score (nSPS) is 14.0. The first-order chi connectivity index (χ1) is 36.6. The van der Waals surface area contributed by atoms with Gasteiger partial charge in [0, 0.05) is 38.0 Å². The molecule has 58 heteroatoms. The third-order valence-electron chi connectivity index (χ3n) is 2.64. The summed E-state index contributed by atoms with van der Waals surface area (Å²) < 4.78 is 417. The Balaban J connectivity index is -0.0000000450. The Hall–Kier alpha value is -1.10. The summed E-state index contributed by atoms with van der Waals surface area (Å²) in [6, 6.07) is 14.7. The molecule has 0 bridgehead atoms. The van der Waals surface area contributed by atoms with Gasteiger partial charge < -0.3 is 0 Å². The third kappa shape index (κ3) is 2360. The van der Waals surface area contributed by atoms with E-state index in [1.54, 1.807) is 0 Å². The minimum absolute atomic E-state index is 0.189. The van der Waals surface area contributed by atoms with E-state index in [2.05, 4.69) is 45.9 Å². The van der Waals surface area contributed by atoms with Crippen molar-refractivity contribution in [2.45, 2.75) is 114 Å². The van der Waals surface area contributed by atoms with E-state index < -0.39 is 162 Å². The summed E-state index contributed by atoms with van der Waals surface area (Å²) in [4.78, 5) is 0. The fourth-order valence-electron chi connectivity index (χ4n) is 0.917. The van der Waals surface area contributed by atoms with Crippen LogP contribution in [0, 0.1) is 108 Å². The molecule has 8 nitrogen and oxygen atoms in total. The fourth-order valence-corrected chi connectivity index (χ4v) is 0.917. The summed E-state index contributed by atoms with van der Waals surface area (Å²) in [5.41, 5.74) is 0.189. The standard InChI is InChI=1S/2C6H11N.C5H9N.3C3H5N.2C2H2FN.40FH.8Nb/c1-6(2,3)4-5-7;1-3-4-6(2)5-7;1-5(2)3-4-6;3*1-2-3-4;2*3-1-2-4;;;;;;;;;;;;;;;;;;;;;;;;;;;;;;;;;;;;;;;;;;;;;;;;/h4H2,1-3H3;6H,3-4H2,1-2H3;5H,3H2,1-2H3;3*2H2,1H3;2*1H2;40*1H;;;;;;;;/q;;;;;;;;;;;;;;;;;;;;;;;;;;;;;;;;;;;;;;;;;;;;;;;;8*+5/p-40. The van der Waals surface area contributed by atoms with Crippen LogP contribution in [-0.2, 0) is 148 Å². The number of nitrogens with zero attached hydrogens (tertiary/aromatic N) is 8. The van der Waals surface area contributed by atoms with Gasteiger partial charge in [0.2, 0.25) is 0 Å². The van der Waals surface area contributed by atoms with Crippen molar-refractivity contribution < 1.29 is 278 Å². The van der Waals surface area contributed by atoms with Gasteiger partial charge in [-0.15, -0.1) is 0 Å². The van der Waals surface area contributed by atoms with E-state index >= 15 is 0 Å². The molecule has 1 unspecified atom stereocenters. The molecule has 0 aromatic carbocycles. The Kier molecular flexibility index (Phi) is 77.1. The van der Waals surface area contributed by atoms with Gasteiger partial charge in [-0.2, -0.15) is 42.1 Å². The number of nitriles is 8. The Morgan fingerprint density at radius 2 is 0.432 bits per heavy atom. The van der Waals surface area contributed by atoms with Crippen LogP contribution in [-0.4, -0.2) is 13.3 Å². The Bertz CT molecular complexity index is 1620. The summed E-state index contributed by atoms with van der Waals surface area (Å²) in [6.07, 6.45) is 5.36. The zero-order chi connectivity index (χ0) is 77.3. The van der Waals surface area contributed by atoms with Crippen LogP contribution in [0.3, 0.4) is 0 Å². The Morgan fingerprint density at radius 1 is 0.295 bits per heavy atom. The molecule has 1 atom stereocenters. The first-order valence-electron chi connectivity index (χ1n) is 19.6. The van der Waals surface area contributed by atoms with E-state index in [0.29, 0.717) is 38.0 Å². The second-order valence-electron chi connectivity index (χ2n) is 13.7. The summed E-state index contributed by atoms with van der Waals surface area (Å²) >= 11 is -73.5. The predicted molar refractivity (Wildman–Crippen MR) is 200 cm³/mol. The minimum atomic E-state index is -9.19. The monoisotopic (exact) mass is 2060 g/mol. The molecule has 0 saturated heterocycles. The van der Waals surface area contributed by atoms with Crippen molar-refractivity contribution in [3.63, 3.8) is 0 Å². The predicted octanol–water partition coefficient (Wildman–Crippen LogP) is 26.0. The van der Waals surface area contributed by atoms with Crippen molar-refractivity contribution in [1.29, 1.82) is 42.1 Å². The number of hydrogen-bond donors (Lipinski definition) is 0. The average molecular weight is 2060 g/mol. The van der Waals surface area contributed by atoms with E-state index in [1.807, 2.05) is 59.8 Å². The molecule has 544 valence electrons. The van der Waals surface area contributed by atoms with E-state index in [1.165, 1.54) is 12.1 Å². The van der Waals surface area contributed by atoms with Gasteiger partial charge in [-0.3, -0.25) is 0 Å². The molecule has 0 fully saturated rings. The SMILES string of the molecule is CC(C)(C)CC#N.CC(C)CC#N.CCC#N.CCC#N.CCC#N.CCCC(C)C#N.N#CCF.N#CCF.[F][Nb]([F])([F])([F])[F].[F][Nb]([F])([F])([F])[F].[F][Nb]([F])([F])([F])[F].[F][Nb]([F])([F])([F])[F].[F][Nb]([F])([F])([F])[F].[F][Nb]([F])([F])([F])[F].[F][Nb]([F])([F])([F])[F].[F][Nb]([F])([F])([F])[F]. The first-order valence-corrected chi connectivity index (χ1v) is 52.8. The summed E-state index contributed by atoms with van der Waals surface area (Å²) in [5, 5.41) is 61.7. The molecule has 0 amide bonds. The maximum atomic E-state index is 10.4. The maximum absolute atomic E-state index is 10.4. The first kappa shape index (κ1) is 128. The van der Waals surface area contributed by atoms with Crippen LogP contribution in [0.2, 0.25) is 0 Å². The van der Waals surface area contributed by atoms with Gasteiger partial charge in [0.1, 0.15) is 0 Å². The zero-order valence-corrected chi connectivity index (χ0v) is 62.6. The topological polar surface area (TPSA) is 190 Å². The summed E-state index contributed by atoms with van der Waals surface area (Å²) in [6.45, 7) is 18.0.